The van der Waals surface area contributed by atoms with Gasteiger partial charge in [-0.1, -0.05) is 37.0 Å². The first-order valence-corrected chi connectivity index (χ1v) is 8.00. The maximum Gasteiger partial charge on any atom is 0.234 e. The SMILES string of the molecule is CC(C)NCCS(=O)(=O)Nc1c(Cl)cc(F)cc1Cl. The van der Waals surface area contributed by atoms with E-state index in [1.54, 1.807) is 0 Å². The largest absolute Gasteiger partial charge is 0.313 e. The van der Waals surface area contributed by atoms with Crippen LogP contribution >= 0.6 is 23.2 Å². The lowest BCUT2D eigenvalue weighted by Gasteiger charge is -2.12. The van der Waals surface area contributed by atoms with Crippen molar-refractivity contribution in [2.75, 3.05) is 17.0 Å². The van der Waals surface area contributed by atoms with Gasteiger partial charge in [-0.2, -0.15) is 0 Å². The van der Waals surface area contributed by atoms with Crippen molar-refractivity contribution < 1.29 is 12.8 Å². The Balaban J connectivity index is 2.79. The maximum absolute atomic E-state index is 13.0. The first-order valence-electron chi connectivity index (χ1n) is 5.59. The first kappa shape index (κ1) is 16.5. The highest BCUT2D eigenvalue weighted by Gasteiger charge is 2.16. The smallest absolute Gasteiger partial charge is 0.234 e. The lowest BCUT2D eigenvalue weighted by Crippen LogP contribution is -2.31. The van der Waals surface area contributed by atoms with Crippen molar-refractivity contribution in [1.29, 1.82) is 0 Å². The molecule has 0 fully saturated rings. The molecule has 4 nitrogen and oxygen atoms in total. The lowest BCUT2D eigenvalue weighted by molar-refractivity contribution is 0.582. The van der Waals surface area contributed by atoms with Gasteiger partial charge in [0.15, 0.2) is 0 Å². The molecule has 1 aromatic carbocycles. The van der Waals surface area contributed by atoms with E-state index in [0.717, 1.165) is 12.1 Å². The highest BCUT2D eigenvalue weighted by Crippen LogP contribution is 2.32. The molecule has 0 heterocycles. The molecule has 0 aromatic heterocycles. The van der Waals surface area contributed by atoms with Crippen molar-refractivity contribution in [3.05, 3.63) is 28.0 Å². The van der Waals surface area contributed by atoms with Gasteiger partial charge in [0.2, 0.25) is 10.0 Å². The number of hydrogen-bond donors (Lipinski definition) is 2. The quantitative estimate of drug-likeness (QED) is 0.844. The van der Waals surface area contributed by atoms with E-state index in [-0.39, 0.29) is 27.5 Å². The van der Waals surface area contributed by atoms with E-state index in [0.29, 0.717) is 6.54 Å². The van der Waals surface area contributed by atoms with E-state index < -0.39 is 15.8 Å². The molecule has 1 aromatic rings. The van der Waals surface area contributed by atoms with Crippen molar-refractivity contribution in [3.8, 4) is 0 Å². The van der Waals surface area contributed by atoms with E-state index >= 15 is 0 Å². The Morgan fingerprint density at radius 1 is 1.26 bits per heavy atom. The van der Waals surface area contributed by atoms with Crippen LogP contribution in [0.15, 0.2) is 12.1 Å². The van der Waals surface area contributed by atoms with Crippen LogP contribution in [-0.4, -0.2) is 26.8 Å². The van der Waals surface area contributed by atoms with Gasteiger partial charge in [0.05, 0.1) is 21.5 Å². The van der Waals surface area contributed by atoms with Gasteiger partial charge >= 0.3 is 0 Å². The van der Waals surface area contributed by atoms with Crippen LogP contribution < -0.4 is 10.0 Å². The van der Waals surface area contributed by atoms with E-state index in [1.165, 1.54) is 0 Å². The lowest BCUT2D eigenvalue weighted by atomic mass is 10.3. The Hall–Kier alpha value is -0.560. The molecule has 0 bridgehead atoms. The van der Waals surface area contributed by atoms with Crippen molar-refractivity contribution in [2.24, 2.45) is 0 Å². The maximum atomic E-state index is 13.0. The molecule has 0 atom stereocenters. The minimum absolute atomic E-state index is 0.00530. The van der Waals surface area contributed by atoms with Gasteiger partial charge in [0.25, 0.3) is 0 Å². The van der Waals surface area contributed by atoms with Crippen LogP contribution in [0.2, 0.25) is 10.0 Å². The Morgan fingerprint density at radius 2 is 1.79 bits per heavy atom. The predicted molar refractivity (Wildman–Crippen MR) is 77.0 cm³/mol. The third-order valence-electron chi connectivity index (χ3n) is 2.19. The van der Waals surface area contributed by atoms with E-state index in [4.69, 9.17) is 23.2 Å². The Kier molecular flexibility index (Phi) is 5.85. The van der Waals surface area contributed by atoms with Crippen LogP contribution in [0.4, 0.5) is 10.1 Å². The molecule has 0 saturated heterocycles. The van der Waals surface area contributed by atoms with Crippen molar-refractivity contribution in [1.82, 2.24) is 5.32 Å². The molecule has 0 radical (unpaired) electrons. The van der Waals surface area contributed by atoms with E-state index in [9.17, 15) is 12.8 Å². The summed E-state index contributed by atoms with van der Waals surface area (Å²) in [5, 5.41) is 2.82. The second-order valence-corrected chi connectivity index (χ2v) is 6.93. The van der Waals surface area contributed by atoms with Gasteiger partial charge in [-0.05, 0) is 12.1 Å². The monoisotopic (exact) mass is 328 g/mol. The summed E-state index contributed by atoms with van der Waals surface area (Å²) in [4.78, 5) is 0. The highest BCUT2D eigenvalue weighted by molar-refractivity contribution is 7.92. The Labute approximate surface area is 122 Å². The molecule has 0 aliphatic carbocycles. The molecular formula is C11H15Cl2FN2O2S. The van der Waals surface area contributed by atoms with Gasteiger partial charge in [0.1, 0.15) is 5.82 Å². The minimum Gasteiger partial charge on any atom is -0.313 e. The molecule has 108 valence electrons. The van der Waals surface area contributed by atoms with Crippen LogP contribution in [0.25, 0.3) is 0 Å². The number of benzene rings is 1. The molecule has 19 heavy (non-hydrogen) atoms. The van der Waals surface area contributed by atoms with Crippen molar-refractivity contribution in [2.45, 2.75) is 19.9 Å². The van der Waals surface area contributed by atoms with Gasteiger partial charge in [-0.3, -0.25) is 4.72 Å². The topological polar surface area (TPSA) is 58.2 Å². The van der Waals surface area contributed by atoms with Crippen LogP contribution in [-0.2, 0) is 10.0 Å². The average Bonchev–Trinajstić information content (AvgIpc) is 2.22. The zero-order valence-corrected chi connectivity index (χ0v) is 12.8. The van der Waals surface area contributed by atoms with Crippen LogP contribution in [0.3, 0.4) is 0 Å². The summed E-state index contributed by atoms with van der Waals surface area (Å²) in [6, 6.07) is 2.18. The number of sulfonamides is 1. The molecule has 0 spiro atoms. The summed E-state index contributed by atoms with van der Waals surface area (Å²) in [6.45, 7) is 4.12. The van der Waals surface area contributed by atoms with Crippen LogP contribution in [0.1, 0.15) is 13.8 Å². The molecular weight excluding hydrogens is 314 g/mol. The Bertz CT molecular complexity index is 527. The zero-order valence-electron chi connectivity index (χ0n) is 10.5. The number of nitrogens with one attached hydrogen (secondary N) is 2. The summed E-state index contributed by atoms with van der Waals surface area (Å²) in [5.41, 5.74) is -0.00530. The molecule has 0 aliphatic rings. The summed E-state index contributed by atoms with van der Waals surface area (Å²) in [6.07, 6.45) is 0. The second-order valence-electron chi connectivity index (χ2n) is 4.27. The van der Waals surface area contributed by atoms with E-state index in [2.05, 4.69) is 10.0 Å². The summed E-state index contributed by atoms with van der Waals surface area (Å²) in [7, 11) is -3.59. The predicted octanol–water partition coefficient (Wildman–Crippen LogP) is 2.87. The van der Waals surface area contributed by atoms with E-state index in [1.807, 2.05) is 13.8 Å². The molecule has 2 N–H and O–H groups in total. The number of anilines is 1. The molecule has 0 amide bonds. The summed E-state index contributed by atoms with van der Waals surface area (Å²) >= 11 is 11.5. The second kappa shape index (κ2) is 6.74. The number of hydrogen-bond acceptors (Lipinski definition) is 3. The van der Waals surface area contributed by atoms with Crippen LogP contribution in [0, 0.1) is 5.82 Å². The van der Waals surface area contributed by atoms with Gasteiger partial charge < -0.3 is 5.32 Å². The molecule has 1 rings (SSSR count). The Morgan fingerprint density at radius 3 is 2.26 bits per heavy atom. The third-order valence-corrected chi connectivity index (χ3v) is 4.04. The first-order chi connectivity index (χ1) is 8.71. The van der Waals surface area contributed by atoms with Crippen molar-refractivity contribution >= 4 is 38.9 Å². The van der Waals surface area contributed by atoms with Crippen molar-refractivity contribution in [3.63, 3.8) is 0 Å². The molecule has 0 aliphatic heterocycles. The van der Waals surface area contributed by atoms with Gasteiger partial charge in [0, 0.05) is 12.6 Å². The fraction of sp³-hybridized carbons (Fsp3) is 0.455. The average molecular weight is 329 g/mol. The molecule has 0 saturated carbocycles. The highest BCUT2D eigenvalue weighted by atomic mass is 35.5. The fourth-order valence-corrected chi connectivity index (χ4v) is 3.01. The number of halogens is 3. The number of rotatable bonds is 6. The minimum atomic E-state index is -3.59. The summed E-state index contributed by atoms with van der Waals surface area (Å²) in [5.74, 6) is -0.755. The standard InChI is InChI=1S/C11H15Cl2FN2O2S/c1-7(2)15-3-4-19(17,18)16-11-9(12)5-8(14)6-10(11)13/h5-7,15-16H,3-4H2,1-2H3. The zero-order chi connectivity index (χ0) is 14.6. The normalized spacial score (nSPS) is 11.9. The fourth-order valence-electron chi connectivity index (χ4n) is 1.33. The molecule has 0 unspecified atom stereocenters. The van der Waals surface area contributed by atoms with Gasteiger partial charge in [-0.15, -0.1) is 0 Å². The summed E-state index contributed by atoms with van der Waals surface area (Å²) < 4.78 is 38.9. The van der Waals surface area contributed by atoms with Crippen LogP contribution in [0.5, 0.6) is 0 Å². The third kappa shape index (κ3) is 5.52. The van der Waals surface area contributed by atoms with Gasteiger partial charge in [-0.25, -0.2) is 12.8 Å². The molecule has 8 heteroatoms.